The maximum Gasteiger partial charge on any atom is 0.247 e. The van der Waals surface area contributed by atoms with Crippen molar-refractivity contribution in [1.82, 2.24) is 4.90 Å². The topological polar surface area (TPSA) is 59.5 Å². The predicted octanol–water partition coefficient (Wildman–Crippen LogP) is 4.11. The van der Waals surface area contributed by atoms with E-state index >= 15 is 0 Å². The minimum Gasteiger partial charge on any atom is -0.472 e. The van der Waals surface area contributed by atoms with Crippen molar-refractivity contribution in [1.29, 1.82) is 0 Å². The molecule has 1 aliphatic heterocycles. The zero-order chi connectivity index (χ0) is 17.2. The average molecular weight is 350 g/mol. The van der Waals surface area contributed by atoms with Crippen molar-refractivity contribution in [2.75, 3.05) is 12.3 Å². The number of carbonyl (C=O) groups is 1. The molecule has 1 atom stereocenters. The Morgan fingerprint density at radius 3 is 2.84 bits per heavy atom. The number of nitrogens with two attached hydrogens (primary N) is 1. The van der Waals surface area contributed by atoms with Crippen LogP contribution in [0, 0.1) is 0 Å². The predicted molar refractivity (Wildman–Crippen MR) is 100 cm³/mol. The number of hydrogen-bond acceptors (Lipinski definition) is 4. The van der Waals surface area contributed by atoms with E-state index in [4.69, 9.17) is 10.2 Å². The van der Waals surface area contributed by atoms with Crippen LogP contribution in [0.1, 0.15) is 27.6 Å². The van der Waals surface area contributed by atoms with Crippen molar-refractivity contribution in [2.45, 2.75) is 12.5 Å². The summed E-state index contributed by atoms with van der Waals surface area (Å²) in [4.78, 5) is 16.1. The van der Waals surface area contributed by atoms with E-state index in [1.165, 1.54) is 10.4 Å². The van der Waals surface area contributed by atoms with Crippen molar-refractivity contribution < 1.29 is 9.21 Å². The van der Waals surface area contributed by atoms with E-state index in [9.17, 15) is 4.79 Å². The van der Waals surface area contributed by atoms with Crippen molar-refractivity contribution in [2.24, 2.45) is 0 Å². The number of nitrogen functional groups attached to an aromatic ring is 1. The lowest BCUT2D eigenvalue weighted by molar-refractivity contribution is -0.127. The molecule has 5 heteroatoms. The molecule has 1 unspecified atom stereocenters. The van der Waals surface area contributed by atoms with Gasteiger partial charge in [-0.25, -0.2) is 0 Å². The van der Waals surface area contributed by atoms with E-state index in [0.29, 0.717) is 6.54 Å². The fraction of sp³-hybridized carbons (Fsp3) is 0.150. The van der Waals surface area contributed by atoms with Gasteiger partial charge in [-0.05, 0) is 53.3 Å². The van der Waals surface area contributed by atoms with Gasteiger partial charge in [-0.1, -0.05) is 12.1 Å². The van der Waals surface area contributed by atoms with Gasteiger partial charge in [0.15, 0.2) is 0 Å². The van der Waals surface area contributed by atoms with Gasteiger partial charge in [0.05, 0.1) is 18.6 Å². The van der Waals surface area contributed by atoms with Gasteiger partial charge in [0, 0.05) is 28.7 Å². The number of furan rings is 1. The van der Waals surface area contributed by atoms with Crippen LogP contribution in [0.25, 0.3) is 6.08 Å². The van der Waals surface area contributed by atoms with Crippen molar-refractivity contribution in [3.8, 4) is 0 Å². The van der Waals surface area contributed by atoms with Gasteiger partial charge in [0.2, 0.25) is 5.91 Å². The van der Waals surface area contributed by atoms with Gasteiger partial charge in [0.25, 0.3) is 0 Å². The molecule has 3 heterocycles. The lowest BCUT2D eigenvalue weighted by Crippen LogP contribution is -2.39. The van der Waals surface area contributed by atoms with Crippen LogP contribution in [0.5, 0.6) is 0 Å². The Bertz CT molecular complexity index is 894. The second-order valence-electron chi connectivity index (χ2n) is 6.04. The molecular weight excluding hydrogens is 332 g/mol. The van der Waals surface area contributed by atoms with Crippen LogP contribution in [-0.4, -0.2) is 17.4 Å². The third-order valence-electron chi connectivity index (χ3n) is 4.46. The maximum absolute atomic E-state index is 12.9. The lowest BCUT2D eigenvalue weighted by atomic mass is 9.93. The second kappa shape index (κ2) is 6.61. The Morgan fingerprint density at radius 2 is 2.08 bits per heavy atom. The Morgan fingerprint density at radius 1 is 1.24 bits per heavy atom. The molecule has 0 aliphatic carbocycles. The molecule has 0 bridgehead atoms. The van der Waals surface area contributed by atoms with E-state index < -0.39 is 0 Å². The molecule has 1 aromatic carbocycles. The Labute approximate surface area is 150 Å². The minimum absolute atomic E-state index is 0.000116. The Balaban J connectivity index is 1.68. The highest BCUT2D eigenvalue weighted by molar-refractivity contribution is 7.10. The molecule has 2 N–H and O–H groups in total. The molecule has 4 rings (SSSR count). The first-order valence-electron chi connectivity index (χ1n) is 8.15. The van der Waals surface area contributed by atoms with Crippen LogP contribution in [0.4, 0.5) is 5.69 Å². The SMILES string of the molecule is Nc1ccc(C2c3ccsc3CCN2C(=O)/C=C/c2ccoc2)cc1. The summed E-state index contributed by atoms with van der Waals surface area (Å²) in [5.41, 5.74) is 9.73. The summed E-state index contributed by atoms with van der Waals surface area (Å²) in [5.74, 6) is -0.000116. The number of fused-ring (bicyclic) bond motifs is 1. The van der Waals surface area contributed by atoms with Gasteiger partial charge in [-0.15, -0.1) is 11.3 Å². The summed E-state index contributed by atoms with van der Waals surface area (Å²) in [7, 11) is 0. The molecule has 0 saturated carbocycles. The van der Waals surface area contributed by atoms with Gasteiger partial charge >= 0.3 is 0 Å². The highest BCUT2D eigenvalue weighted by atomic mass is 32.1. The van der Waals surface area contributed by atoms with Crippen molar-refractivity contribution >= 4 is 29.0 Å². The van der Waals surface area contributed by atoms with E-state index in [1.807, 2.05) is 35.2 Å². The first-order valence-corrected chi connectivity index (χ1v) is 9.03. The molecule has 25 heavy (non-hydrogen) atoms. The van der Waals surface area contributed by atoms with Gasteiger partial charge in [-0.2, -0.15) is 0 Å². The first kappa shape index (κ1) is 15.7. The molecule has 0 radical (unpaired) electrons. The molecule has 2 aromatic heterocycles. The van der Waals surface area contributed by atoms with E-state index in [-0.39, 0.29) is 11.9 Å². The molecule has 0 spiro atoms. The molecule has 0 fully saturated rings. The number of amides is 1. The zero-order valence-corrected chi connectivity index (χ0v) is 14.4. The summed E-state index contributed by atoms with van der Waals surface area (Å²) in [6.07, 6.45) is 7.51. The summed E-state index contributed by atoms with van der Waals surface area (Å²) in [6.45, 7) is 0.705. The summed E-state index contributed by atoms with van der Waals surface area (Å²) >= 11 is 1.76. The lowest BCUT2D eigenvalue weighted by Gasteiger charge is -2.35. The standard InChI is InChI=1S/C20H18N2O2S/c21-16-4-2-15(3-5-16)20-17-9-12-25-18(17)7-10-22(20)19(23)6-1-14-8-11-24-13-14/h1-6,8-9,11-13,20H,7,10,21H2/b6-1+. The molecular formula is C20H18N2O2S. The van der Waals surface area contributed by atoms with E-state index in [1.54, 1.807) is 36.0 Å². The summed E-state index contributed by atoms with van der Waals surface area (Å²) in [5, 5.41) is 2.10. The van der Waals surface area contributed by atoms with E-state index in [0.717, 1.165) is 23.2 Å². The third kappa shape index (κ3) is 3.10. The van der Waals surface area contributed by atoms with Crippen LogP contribution < -0.4 is 5.73 Å². The number of hydrogen-bond donors (Lipinski definition) is 1. The Hall–Kier alpha value is -2.79. The highest BCUT2D eigenvalue weighted by Gasteiger charge is 2.31. The normalized spacial score (nSPS) is 17.0. The number of rotatable bonds is 3. The second-order valence-corrected chi connectivity index (χ2v) is 7.04. The molecule has 3 aromatic rings. The first-order chi connectivity index (χ1) is 12.2. The smallest absolute Gasteiger partial charge is 0.247 e. The highest BCUT2D eigenvalue weighted by Crippen LogP contribution is 2.38. The third-order valence-corrected chi connectivity index (χ3v) is 5.46. The molecule has 1 amide bonds. The summed E-state index contributed by atoms with van der Waals surface area (Å²) in [6, 6.07) is 11.7. The number of anilines is 1. The van der Waals surface area contributed by atoms with Crippen LogP contribution in [0.3, 0.4) is 0 Å². The number of nitrogens with zero attached hydrogens (tertiary/aromatic N) is 1. The maximum atomic E-state index is 12.9. The number of benzene rings is 1. The minimum atomic E-state index is -0.0721. The Kier molecular flexibility index (Phi) is 4.15. The van der Waals surface area contributed by atoms with Crippen molar-refractivity contribution in [3.05, 3.63) is 81.9 Å². The van der Waals surface area contributed by atoms with Gasteiger partial charge in [0.1, 0.15) is 0 Å². The molecule has 4 nitrogen and oxygen atoms in total. The average Bonchev–Trinajstić information content (AvgIpc) is 3.31. The van der Waals surface area contributed by atoms with E-state index in [2.05, 4.69) is 11.4 Å². The largest absolute Gasteiger partial charge is 0.472 e. The number of carbonyl (C=O) groups excluding carboxylic acids is 1. The van der Waals surface area contributed by atoms with Gasteiger partial charge in [-0.3, -0.25) is 4.79 Å². The van der Waals surface area contributed by atoms with Crippen LogP contribution >= 0.6 is 11.3 Å². The number of thiophene rings is 1. The van der Waals surface area contributed by atoms with Crippen LogP contribution in [0.15, 0.2) is 64.8 Å². The monoisotopic (exact) mass is 350 g/mol. The molecule has 1 aliphatic rings. The van der Waals surface area contributed by atoms with Crippen LogP contribution in [-0.2, 0) is 11.2 Å². The fourth-order valence-electron chi connectivity index (χ4n) is 3.22. The zero-order valence-electron chi connectivity index (χ0n) is 13.6. The molecule has 126 valence electrons. The molecule has 0 saturated heterocycles. The van der Waals surface area contributed by atoms with Gasteiger partial charge < -0.3 is 15.1 Å². The fourth-order valence-corrected chi connectivity index (χ4v) is 4.13. The quantitative estimate of drug-likeness (QED) is 0.571. The van der Waals surface area contributed by atoms with Crippen LogP contribution in [0.2, 0.25) is 0 Å². The summed E-state index contributed by atoms with van der Waals surface area (Å²) < 4.78 is 5.04. The van der Waals surface area contributed by atoms with Crippen molar-refractivity contribution in [3.63, 3.8) is 0 Å².